The van der Waals surface area contributed by atoms with Crippen LogP contribution in [-0.4, -0.2) is 21.0 Å². The Kier molecular flexibility index (Phi) is 6.06. The minimum absolute atomic E-state index is 0.0248. The molecule has 0 aliphatic heterocycles. The topological polar surface area (TPSA) is 90.1 Å². The van der Waals surface area contributed by atoms with Gasteiger partial charge >= 0.3 is 6.08 Å². The van der Waals surface area contributed by atoms with Gasteiger partial charge in [0.1, 0.15) is 11.6 Å². The van der Waals surface area contributed by atoms with Gasteiger partial charge in [0.15, 0.2) is 0 Å². The Bertz CT molecular complexity index is 1170. The van der Waals surface area contributed by atoms with Crippen LogP contribution in [0.5, 0.6) is 6.08 Å². The van der Waals surface area contributed by atoms with Gasteiger partial charge < -0.3 is 10.1 Å². The van der Waals surface area contributed by atoms with Crippen LogP contribution in [0.15, 0.2) is 58.4 Å². The van der Waals surface area contributed by atoms with E-state index in [2.05, 4.69) is 20.4 Å². The number of benzene rings is 2. The Hall–Kier alpha value is -3.23. The first-order valence-electron chi connectivity index (χ1n) is 9.08. The van der Waals surface area contributed by atoms with Crippen LogP contribution in [0.2, 0.25) is 5.02 Å². The molecule has 2 aromatic heterocycles. The first kappa shape index (κ1) is 20.1. The maximum absolute atomic E-state index is 12.3. The first-order chi connectivity index (χ1) is 14.6. The van der Waals surface area contributed by atoms with Gasteiger partial charge in [-0.2, -0.15) is 4.98 Å². The third kappa shape index (κ3) is 4.84. The van der Waals surface area contributed by atoms with E-state index in [0.717, 1.165) is 11.3 Å². The first-order valence-corrected chi connectivity index (χ1v) is 10.3. The number of ether oxygens (including phenoxy) is 1. The zero-order valence-corrected chi connectivity index (χ0v) is 17.5. The Labute approximate surface area is 181 Å². The summed E-state index contributed by atoms with van der Waals surface area (Å²) in [5.74, 6) is 0.231. The highest BCUT2D eigenvalue weighted by Gasteiger charge is 2.14. The van der Waals surface area contributed by atoms with Crippen LogP contribution in [0.4, 0.5) is 5.69 Å². The number of nitrogens with zero attached hydrogens (tertiary/aromatic N) is 3. The summed E-state index contributed by atoms with van der Waals surface area (Å²) in [5.41, 5.74) is 3.15. The zero-order valence-electron chi connectivity index (χ0n) is 16.0. The monoisotopic (exact) mass is 440 g/mol. The molecule has 30 heavy (non-hydrogen) atoms. The second-order valence-corrected chi connectivity index (χ2v) is 7.77. The minimum Gasteiger partial charge on any atom is -0.442 e. The molecule has 2 heterocycles. The summed E-state index contributed by atoms with van der Waals surface area (Å²) in [6, 6.07) is 14.8. The molecule has 1 amide bonds. The Morgan fingerprint density at radius 3 is 2.80 bits per heavy atom. The summed E-state index contributed by atoms with van der Waals surface area (Å²) in [6.07, 6.45) is 0.215. The third-order valence-electron chi connectivity index (χ3n) is 4.20. The van der Waals surface area contributed by atoms with E-state index in [1.807, 2.05) is 48.7 Å². The molecule has 0 saturated carbocycles. The Balaban J connectivity index is 1.32. The number of carbonyl (C=O) groups is 1. The summed E-state index contributed by atoms with van der Waals surface area (Å²) in [4.78, 5) is 20.9. The number of aromatic nitrogens is 3. The van der Waals surface area contributed by atoms with E-state index >= 15 is 0 Å². The van der Waals surface area contributed by atoms with Gasteiger partial charge in [0.2, 0.25) is 11.7 Å². The lowest BCUT2D eigenvalue weighted by Gasteiger charge is -2.06. The van der Waals surface area contributed by atoms with Crippen molar-refractivity contribution < 1.29 is 14.1 Å². The van der Waals surface area contributed by atoms with Crippen molar-refractivity contribution in [3.8, 4) is 17.5 Å². The van der Waals surface area contributed by atoms with Crippen molar-refractivity contribution in [2.45, 2.75) is 20.0 Å². The van der Waals surface area contributed by atoms with Gasteiger partial charge in [-0.15, -0.1) is 11.3 Å². The van der Waals surface area contributed by atoms with E-state index in [4.69, 9.17) is 20.9 Å². The number of nitrogens with one attached hydrogen (secondary N) is 1. The van der Waals surface area contributed by atoms with Crippen molar-refractivity contribution in [1.82, 2.24) is 15.1 Å². The van der Waals surface area contributed by atoms with Crippen molar-refractivity contribution in [2.75, 3.05) is 5.32 Å². The molecule has 0 spiro atoms. The van der Waals surface area contributed by atoms with Gasteiger partial charge in [-0.1, -0.05) is 47.1 Å². The van der Waals surface area contributed by atoms with E-state index in [1.165, 1.54) is 11.3 Å². The fourth-order valence-corrected chi connectivity index (χ4v) is 3.69. The molecule has 0 aliphatic carbocycles. The molecule has 4 rings (SSSR count). The average molecular weight is 441 g/mol. The molecule has 7 nitrogen and oxygen atoms in total. The maximum Gasteiger partial charge on any atom is 0.418 e. The molecule has 0 aliphatic rings. The SMILES string of the molecule is Cc1ccccc1NC(=O)Cc1nc(COc2nc(-c3ccccc3Cl)no2)cs1. The van der Waals surface area contributed by atoms with Crippen molar-refractivity contribution in [3.63, 3.8) is 0 Å². The van der Waals surface area contributed by atoms with Crippen LogP contribution in [0.1, 0.15) is 16.3 Å². The molecule has 0 fully saturated rings. The quantitative estimate of drug-likeness (QED) is 0.439. The lowest BCUT2D eigenvalue weighted by Crippen LogP contribution is -2.15. The highest BCUT2D eigenvalue weighted by atomic mass is 35.5. The maximum atomic E-state index is 12.3. The van der Waals surface area contributed by atoms with Crippen molar-refractivity contribution >= 4 is 34.5 Å². The van der Waals surface area contributed by atoms with Gasteiger partial charge in [0.05, 0.1) is 17.1 Å². The molecular weight excluding hydrogens is 424 g/mol. The Morgan fingerprint density at radius 1 is 1.17 bits per heavy atom. The van der Waals surface area contributed by atoms with Gasteiger partial charge in [-0.25, -0.2) is 4.98 Å². The highest BCUT2D eigenvalue weighted by molar-refractivity contribution is 7.09. The molecule has 0 saturated heterocycles. The van der Waals surface area contributed by atoms with Crippen LogP contribution in [0.25, 0.3) is 11.4 Å². The van der Waals surface area contributed by atoms with E-state index in [1.54, 1.807) is 12.1 Å². The Morgan fingerprint density at radius 2 is 1.97 bits per heavy atom. The minimum atomic E-state index is -0.118. The van der Waals surface area contributed by atoms with Crippen LogP contribution in [-0.2, 0) is 17.8 Å². The standard InChI is InChI=1S/C21H17ClN4O3S/c1-13-6-2-5-9-17(13)24-18(27)10-19-23-14(12-30-19)11-28-21-25-20(26-29-21)15-7-3-4-8-16(15)22/h2-9,12H,10-11H2,1H3,(H,24,27). The predicted molar refractivity (Wildman–Crippen MR) is 115 cm³/mol. The second kappa shape index (κ2) is 9.06. The number of carbonyl (C=O) groups excluding carboxylic acids is 1. The normalized spacial score (nSPS) is 10.7. The average Bonchev–Trinajstić information content (AvgIpc) is 3.38. The van der Waals surface area contributed by atoms with Crippen molar-refractivity contribution in [1.29, 1.82) is 0 Å². The van der Waals surface area contributed by atoms with Gasteiger partial charge in [0, 0.05) is 16.6 Å². The van der Waals surface area contributed by atoms with Crippen LogP contribution in [0.3, 0.4) is 0 Å². The van der Waals surface area contributed by atoms with Gasteiger partial charge in [-0.05, 0) is 30.7 Å². The number of halogens is 1. The molecule has 0 atom stereocenters. The number of aryl methyl sites for hydroxylation is 1. The van der Waals surface area contributed by atoms with E-state index in [9.17, 15) is 4.79 Å². The predicted octanol–water partition coefficient (Wildman–Crippen LogP) is 4.92. The summed E-state index contributed by atoms with van der Waals surface area (Å²) in [6.45, 7) is 2.10. The number of thiazole rings is 1. The number of hydrogen-bond donors (Lipinski definition) is 1. The molecule has 152 valence electrons. The molecule has 0 radical (unpaired) electrons. The summed E-state index contributed by atoms with van der Waals surface area (Å²) < 4.78 is 10.6. The van der Waals surface area contributed by atoms with Crippen LogP contribution >= 0.6 is 22.9 Å². The number of rotatable bonds is 7. The molecule has 0 bridgehead atoms. The van der Waals surface area contributed by atoms with Crippen LogP contribution < -0.4 is 10.1 Å². The fourth-order valence-electron chi connectivity index (χ4n) is 2.70. The van der Waals surface area contributed by atoms with Gasteiger partial charge in [0.25, 0.3) is 0 Å². The van der Waals surface area contributed by atoms with Crippen LogP contribution in [0, 0.1) is 6.92 Å². The summed E-state index contributed by atoms with van der Waals surface area (Å²) in [5, 5.41) is 9.84. The largest absolute Gasteiger partial charge is 0.442 e. The lowest BCUT2D eigenvalue weighted by molar-refractivity contribution is -0.115. The highest BCUT2D eigenvalue weighted by Crippen LogP contribution is 2.26. The number of hydrogen-bond acceptors (Lipinski definition) is 7. The second-order valence-electron chi connectivity index (χ2n) is 6.42. The van der Waals surface area contributed by atoms with E-state index < -0.39 is 0 Å². The fraction of sp³-hybridized carbons (Fsp3) is 0.143. The molecule has 9 heteroatoms. The van der Waals surface area contributed by atoms with Crippen molar-refractivity contribution in [2.24, 2.45) is 0 Å². The van der Waals surface area contributed by atoms with Crippen molar-refractivity contribution in [3.05, 3.63) is 75.2 Å². The van der Waals surface area contributed by atoms with E-state index in [-0.39, 0.29) is 25.0 Å². The smallest absolute Gasteiger partial charge is 0.418 e. The number of amides is 1. The summed E-state index contributed by atoms with van der Waals surface area (Å²) >= 11 is 7.54. The lowest BCUT2D eigenvalue weighted by atomic mass is 10.2. The molecular formula is C21H17ClN4O3S. The zero-order chi connectivity index (χ0) is 20.9. The van der Waals surface area contributed by atoms with E-state index in [0.29, 0.717) is 27.1 Å². The van der Waals surface area contributed by atoms with Gasteiger partial charge in [-0.3, -0.25) is 9.32 Å². The molecule has 1 N–H and O–H groups in total. The summed E-state index contributed by atoms with van der Waals surface area (Å²) in [7, 11) is 0. The molecule has 0 unspecified atom stereocenters. The number of para-hydroxylation sites is 1. The molecule has 4 aromatic rings. The number of anilines is 1. The third-order valence-corrected chi connectivity index (χ3v) is 5.42. The molecule has 2 aromatic carbocycles.